The zero-order valence-electron chi connectivity index (χ0n) is 11.0. The number of hydrogen-bond donors (Lipinski definition) is 1. The lowest BCUT2D eigenvalue weighted by atomic mass is 10.2. The van der Waals surface area contributed by atoms with Gasteiger partial charge < -0.3 is 14.7 Å². The van der Waals surface area contributed by atoms with E-state index in [0.29, 0.717) is 22.4 Å². The number of nitro groups is 1. The number of aromatic nitrogens is 1. The number of rotatable bonds is 6. The number of likely N-dealkylation sites (N-methyl/N-ethyl adjacent to an activating group) is 1. The molecule has 8 heteroatoms. The first-order valence-corrected chi connectivity index (χ1v) is 6.35. The molecular weight excluding hydrogens is 318 g/mol. The van der Waals surface area contributed by atoms with E-state index in [0.717, 1.165) is 0 Å². The summed E-state index contributed by atoms with van der Waals surface area (Å²) in [6.45, 7) is 2.18. The maximum atomic E-state index is 10.8. The van der Waals surface area contributed by atoms with E-state index < -0.39 is 11.0 Å². The summed E-state index contributed by atoms with van der Waals surface area (Å²) >= 11 is 3.31. The molecule has 1 unspecified atom stereocenters. The molecule has 0 saturated heterocycles. The average molecular weight is 334 g/mol. The number of halogens is 1. The second-order valence-corrected chi connectivity index (χ2v) is 4.95. The molecule has 0 aliphatic carbocycles. The molecule has 106 valence electrons. The van der Waals surface area contributed by atoms with Crippen molar-refractivity contribution in [3.63, 3.8) is 0 Å². The van der Waals surface area contributed by atoms with Crippen molar-refractivity contribution in [1.82, 2.24) is 4.98 Å². The van der Waals surface area contributed by atoms with Crippen molar-refractivity contribution < 1.29 is 14.8 Å². The molecule has 1 aromatic heterocycles. The maximum Gasteiger partial charge on any atom is 0.291 e. The molecule has 0 amide bonds. The summed E-state index contributed by atoms with van der Waals surface area (Å²) in [4.78, 5) is 16.1. The zero-order chi connectivity index (χ0) is 14.6. The van der Waals surface area contributed by atoms with Gasteiger partial charge in [0.2, 0.25) is 0 Å². The normalized spacial score (nSPS) is 12.3. The number of hydrogen-bond acceptors (Lipinski definition) is 6. The zero-order valence-corrected chi connectivity index (χ0v) is 12.5. The number of pyridine rings is 1. The van der Waals surface area contributed by atoms with Crippen LogP contribution in [0.1, 0.15) is 5.56 Å². The van der Waals surface area contributed by atoms with Crippen molar-refractivity contribution in [1.29, 1.82) is 0 Å². The summed E-state index contributed by atoms with van der Waals surface area (Å²) in [5, 5.41) is 20.5. The number of aliphatic hydroxyl groups is 1. The summed E-state index contributed by atoms with van der Waals surface area (Å²) in [5.74, 6) is 0.540. The number of aliphatic hydroxyl groups excluding tert-OH is 1. The van der Waals surface area contributed by atoms with Crippen LogP contribution in [0.4, 0.5) is 11.5 Å². The molecule has 1 N–H and O–H groups in total. The summed E-state index contributed by atoms with van der Waals surface area (Å²) in [5.41, 5.74) is 0.463. The molecule has 0 aliphatic heterocycles. The molecule has 0 spiro atoms. The first kappa shape index (κ1) is 15.8. The van der Waals surface area contributed by atoms with Crippen molar-refractivity contribution in [2.45, 2.75) is 13.0 Å². The van der Waals surface area contributed by atoms with Crippen molar-refractivity contribution in [2.24, 2.45) is 0 Å². The molecule has 1 aromatic rings. The Morgan fingerprint density at radius 3 is 2.84 bits per heavy atom. The number of ether oxygens (including phenoxy) is 1. The lowest BCUT2D eigenvalue weighted by molar-refractivity contribution is -0.385. The number of methoxy groups -OCH3 is 1. The van der Waals surface area contributed by atoms with Crippen LogP contribution in [0, 0.1) is 17.0 Å². The standard InChI is InChI=1S/C11H16BrN3O4/c1-7-9(15(17)18)4-13-11(10(7)12)14(2)5-8(16)6-19-3/h4,8,16H,5-6H2,1-3H3. The molecule has 0 radical (unpaired) electrons. The van der Waals surface area contributed by atoms with Gasteiger partial charge in [-0.1, -0.05) is 0 Å². The Morgan fingerprint density at radius 2 is 2.32 bits per heavy atom. The lowest BCUT2D eigenvalue weighted by Gasteiger charge is -2.22. The Bertz CT molecular complexity index is 469. The monoisotopic (exact) mass is 333 g/mol. The third-order valence-electron chi connectivity index (χ3n) is 2.62. The highest BCUT2D eigenvalue weighted by Gasteiger charge is 2.20. The van der Waals surface area contributed by atoms with Crippen molar-refractivity contribution in [3.05, 3.63) is 26.3 Å². The molecule has 0 bridgehead atoms. The van der Waals surface area contributed by atoms with Crippen LogP contribution in [0.25, 0.3) is 0 Å². The topological polar surface area (TPSA) is 88.7 Å². The molecule has 1 rings (SSSR count). The van der Waals surface area contributed by atoms with E-state index in [4.69, 9.17) is 4.74 Å². The molecule has 0 aliphatic rings. The third-order valence-corrected chi connectivity index (χ3v) is 3.57. The van der Waals surface area contributed by atoms with Crippen LogP contribution in [0.15, 0.2) is 10.7 Å². The minimum Gasteiger partial charge on any atom is -0.389 e. The SMILES string of the molecule is COCC(O)CN(C)c1ncc([N+](=O)[O-])c(C)c1Br. The van der Waals surface area contributed by atoms with Crippen LogP contribution in [0.3, 0.4) is 0 Å². The minimum absolute atomic E-state index is 0.0403. The van der Waals surface area contributed by atoms with Gasteiger partial charge in [-0.2, -0.15) is 0 Å². The van der Waals surface area contributed by atoms with E-state index in [1.54, 1.807) is 18.9 Å². The van der Waals surface area contributed by atoms with Gasteiger partial charge in [0, 0.05) is 26.3 Å². The summed E-state index contributed by atoms with van der Waals surface area (Å²) < 4.78 is 5.40. The van der Waals surface area contributed by atoms with E-state index in [2.05, 4.69) is 20.9 Å². The van der Waals surface area contributed by atoms with Gasteiger partial charge in [-0.25, -0.2) is 4.98 Å². The van der Waals surface area contributed by atoms with Gasteiger partial charge in [-0.3, -0.25) is 10.1 Å². The quantitative estimate of drug-likeness (QED) is 0.627. The molecule has 1 heterocycles. The predicted octanol–water partition coefficient (Wildman–Crippen LogP) is 1.50. The lowest BCUT2D eigenvalue weighted by Crippen LogP contribution is -2.32. The van der Waals surface area contributed by atoms with Crippen LogP contribution >= 0.6 is 15.9 Å². The first-order valence-electron chi connectivity index (χ1n) is 5.56. The summed E-state index contributed by atoms with van der Waals surface area (Å²) in [7, 11) is 3.25. The van der Waals surface area contributed by atoms with Gasteiger partial charge in [0.25, 0.3) is 5.69 Å². The maximum absolute atomic E-state index is 10.8. The fourth-order valence-electron chi connectivity index (χ4n) is 1.65. The van der Waals surface area contributed by atoms with Crippen LogP contribution in [0.2, 0.25) is 0 Å². The minimum atomic E-state index is -0.654. The van der Waals surface area contributed by atoms with Gasteiger partial charge in [-0.15, -0.1) is 0 Å². The highest BCUT2D eigenvalue weighted by atomic mass is 79.9. The second-order valence-electron chi connectivity index (χ2n) is 4.15. The van der Waals surface area contributed by atoms with Crippen LogP contribution in [-0.4, -0.2) is 48.4 Å². The van der Waals surface area contributed by atoms with E-state index in [9.17, 15) is 15.2 Å². The highest BCUT2D eigenvalue weighted by Crippen LogP contribution is 2.32. The Morgan fingerprint density at radius 1 is 1.68 bits per heavy atom. The Kier molecular flexibility index (Phi) is 5.64. The van der Waals surface area contributed by atoms with Crippen molar-refractivity contribution >= 4 is 27.4 Å². The van der Waals surface area contributed by atoms with E-state index in [1.165, 1.54) is 13.3 Å². The Labute approximate surface area is 119 Å². The van der Waals surface area contributed by atoms with Crippen molar-refractivity contribution in [2.75, 3.05) is 32.2 Å². The average Bonchev–Trinajstić information content (AvgIpc) is 2.32. The van der Waals surface area contributed by atoms with Gasteiger partial charge in [-0.05, 0) is 22.9 Å². The molecule has 19 heavy (non-hydrogen) atoms. The Hall–Kier alpha value is -1.25. The predicted molar refractivity (Wildman–Crippen MR) is 74.5 cm³/mol. The second kappa shape index (κ2) is 6.78. The van der Waals surface area contributed by atoms with Gasteiger partial charge >= 0.3 is 0 Å². The summed E-state index contributed by atoms with van der Waals surface area (Å²) in [6.07, 6.45) is 0.563. The largest absolute Gasteiger partial charge is 0.389 e. The number of anilines is 1. The smallest absolute Gasteiger partial charge is 0.291 e. The van der Waals surface area contributed by atoms with Gasteiger partial charge in [0.15, 0.2) is 0 Å². The van der Waals surface area contributed by atoms with Crippen molar-refractivity contribution in [3.8, 4) is 0 Å². The Balaban J connectivity index is 2.96. The molecule has 1 atom stereocenters. The first-order chi connectivity index (χ1) is 8.88. The van der Waals surface area contributed by atoms with Crippen LogP contribution in [-0.2, 0) is 4.74 Å². The van der Waals surface area contributed by atoms with E-state index in [1.807, 2.05) is 0 Å². The molecule has 0 fully saturated rings. The third kappa shape index (κ3) is 3.85. The summed E-state index contributed by atoms with van der Waals surface area (Å²) in [6, 6.07) is 0. The highest BCUT2D eigenvalue weighted by molar-refractivity contribution is 9.10. The fourth-order valence-corrected chi connectivity index (χ4v) is 2.26. The molecule has 7 nitrogen and oxygen atoms in total. The molecular formula is C11H16BrN3O4. The fraction of sp³-hybridized carbons (Fsp3) is 0.545. The van der Waals surface area contributed by atoms with E-state index >= 15 is 0 Å². The number of nitrogens with zero attached hydrogens (tertiary/aromatic N) is 3. The molecule has 0 aromatic carbocycles. The molecule has 0 saturated carbocycles. The van der Waals surface area contributed by atoms with Gasteiger partial charge in [0.05, 0.1) is 22.1 Å². The van der Waals surface area contributed by atoms with Crippen LogP contribution in [0.5, 0.6) is 0 Å². The van der Waals surface area contributed by atoms with Crippen LogP contribution < -0.4 is 4.90 Å². The van der Waals surface area contributed by atoms with Gasteiger partial charge in [0.1, 0.15) is 12.0 Å². The van der Waals surface area contributed by atoms with E-state index in [-0.39, 0.29) is 12.3 Å².